The number of nitrogens with zero attached hydrogens (tertiary/aromatic N) is 1. The molecule has 24 heavy (non-hydrogen) atoms. The Morgan fingerprint density at radius 3 is 2.75 bits per heavy atom. The average molecular weight is 389 g/mol. The monoisotopic (exact) mass is 388 g/mol. The van der Waals surface area contributed by atoms with E-state index in [2.05, 4.69) is 21.2 Å². The van der Waals surface area contributed by atoms with Crippen LogP contribution in [0, 0.1) is 0 Å². The summed E-state index contributed by atoms with van der Waals surface area (Å²) < 4.78 is 1.04. The highest BCUT2D eigenvalue weighted by atomic mass is 79.9. The summed E-state index contributed by atoms with van der Waals surface area (Å²) in [5.74, 6) is 0. The summed E-state index contributed by atoms with van der Waals surface area (Å²) in [6.07, 6.45) is 2.61. The van der Waals surface area contributed by atoms with Crippen LogP contribution < -0.4 is 5.32 Å². The van der Waals surface area contributed by atoms with Crippen LogP contribution in [0.2, 0.25) is 0 Å². The Balaban J connectivity index is 1.72. The van der Waals surface area contributed by atoms with Crippen molar-refractivity contribution in [3.05, 3.63) is 53.0 Å². The van der Waals surface area contributed by atoms with Crippen LogP contribution >= 0.6 is 15.9 Å². The summed E-state index contributed by atoms with van der Waals surface area (Å²) in [6.45, 7) is 0.871. The summed E-state index contributed by atoms with van der Waals surface area (Å²) >= 11 is 3.44. The molecule has 4 nitrogen and oxygen atoms in total. The number of hydrogen-bond acceptors (Lipinski definition) is 2. The van der Waals surface area contributed by atoms with E-state index in [4.69, 9.17) is 5.11 Å². The molecular formula is C19H21BrN2O2. The van der Waals surface area contributed by atoms with E-state index < -0.39 is 0 Å². The van der Waals surface area contributed by atoms with Gasteiger partial charge in [-0.2, -0.15) is 0 Å². The third kappa shape index (κ3) is 3.97. The van der Waals surface area contributed by atoms with Crippen LogP contribution in [0.4, 0.5) is 10.5 Å². The fraction of sp³-hybridized carbons (Fsp3) is 0.316. The Morgan fingerprint density at radius 2 is 2.00 bits per heavy atom. The Kier molecular flexibility index (Phi) is 5.53. The van der Waals surface area contributed by atoms with Crippen LogP contribution in [0.3, 0.4) is 0 Å². The van der Waals surface area contributed by atoms with Gasteiger partial charge < -0.3 is 15.3 Å². The highest BCUT2D eigenvalue weighted by Gasteiger charge is 2.28. The Morgan fingerprint density at radius 1 is 1.21 bits per heavy atom. The van der Waals surface area contributed by atoms with Gasteiger partial charge in [0.05, 0.1) is 0 Å². The van der Waals surface area contributed by atoms with Gasteiger partial charge in [-0.05, 0) is 54.7 Å². The van der Waals surface area contributed by atoms with Crippen molar-refractivity contribution in [1.82, 2.24) is 4.90 Å². The molecule has 1 aliphatic heterocycles. The largest absolute Gasteiger partial charge is 0.396 e. The fourth-order valence-corrected chi connectivity index (χ4v) is 3.43. The first kappa shape index (κ1) is 17.0. The van der Waals surface area contributed by atoms with Crippen LogP contribution in [0.15, 0.2) is 53.0 Å². The van der Waals surface area contributed by atoms with E-state index in [1.165, 1.54) is 0 Å². The maximum absolute atomic E-state index is 12.5. The second-order valence-corrected chi connectivity index (χ2v) is 6.94. The third-order valence-corrected chi connectivity index (χ3v) is 4.92. The molecule has 1 fully saturated rings. The smallest absolute Gasteiger partial charge is 0.322 e. The molecule has 2 amide bonds. The molecule has 0 bridgehead atoms. The number of amides is 2. The molecule has 1 aliphatic rings. The SMILES string of the molecule is O=C(Nc1cccc(-c2ccc(Br)cc2)c1)N1CCCC1CCO. The maximum atomic E-state index is 12.5. The van der Waals surface area contributed by atoms with Crippen molar-refractivity contribution in [3.63, 3.8) is 0 Å². The van der Waals surface area contributed by atoms with Gasteiger partial charge in [-0.1, -0.05) is 40.2 Å². The highest BCUT2D eigenvalue weighted by molar-refractivity contribution is 9.10. The summed E-state index contributed by atoms with van der Waals surface area (Å²) in [4.78, 5) is 14.4. The zero-order valence-electron chi connectivity index (χ0n) is 13.4. The minimum absolute atomic E-state index is 0.0843. The number of carbonyl (C=O) groups excluding carboxylic acids is 1. The summed E-state index contributed by atoms with van der Waals surface area (Å²) in [5, 5.41) is 12.1. The lowest BCUT2D eigenvalue weighted by molar-refractivity contribution is 0.189. The average Bonchev–Trinajstić information content (AvgIpc) is 3.04. The van der Waals surface area contributed by atoms with Gasteiger partial charge in [0.1, 0.15) is 0 Å². The second-order valence-electron chi connectivity index (χ2n) is 6.02. The van der Waals surface area contributed by atoms with Gasteiger partial charge in [-0.25, -0.2) is 4.79 Å². The zero-order chi connectivity index (χ0) is 16.9. The lowest BCUT2D eigenvalue weighted by atomic mass is 10.1. The lowest BCUT2D eigenvalue weighted by Gasteiger charge is -2.24. The zero-order valence-corrected chi connectivity index (χ0v) is 15.0. The number of urea groups is 1. The van der Waals surface area contributed by atoms with Crippen molar-refractivity contribution < 1.29 is 9.90 Å². The Hall–Kier alpha value is -1.85. The van der Waals surface area contributed by atoms with Crippen LogP contribution in [0.25, 0.3) is 11.1 Å². The van der Waals surface area contributed by atoms with Crippen LogP contribution in [-0.2, 0) is 0 Å². The number of carbonyl (C=O) groups is 1. The van der Waals surface area contributed by atoms with Crippen LogP contribution in [-0.4, -0.2) is 35.2 Å². The summed E-state index contributed by atoms with van der Waals surface area (Å²) in [5.41, 5.74) is 2.96. The van der Waals surface area contributed by atoms with E-state index in [0.717, 1.165) is 40.7 Å². The molecule has 1 heterocycles. The normalized spacial score (nSPS) is 17.1. The molecule has 5 heteroatoms. The van der Waals surface area contributed by atoms with Gasteiger partial charge in [0, 0.05) is 29.4 Å². The van der Waals surface area contributed by atoms with Crippen molar-refractivity contribution in [1.29, 1.82) is 0 Å². The van der Waals surface area contributed by atoms with Crippen LogP contribution in [0.5, 0.6) is 0 Å². The second kappa shape index (κ2) is 7.81. The van der Waals surface area contributed by atoms with Gasteiger partial charge in [0.2, 0.25) is 0 Å². The number of benzene rings is 2. The first-order valence-electron chi connectivity index (χ1n) is 8.22. The molecule has 126 valence electrons. The van der Waals surface area contributed by atoms with Gasteiger partial charge in [-0.15, -0.1) is 0 Å². The van der Waals surface area contributed by atoms with Crippen molar-refractivity contribution in [2.45, 2.75) is 25.3 Å². The number of halogens is 1. The predicted octanol–water partition coefficient (Wildman–Crippen LogP) is 4.49. The van der Waals surface area contributed by atoms with E-state index in [9.17, 15) is 4.79 Å². The van der Waals surface area contributed by atoms with Crippen molar-refractivity contribution >= 4 is 27.6 Å². The number of aliphatic hydroxyl groups excluding tert-OH is 1. The van der Waals surface area contributed by atoms with Crippen LogP contribution in [0.1, 0.15) is 19.3 Å². The molecule has 2 aromatic carbocycles. The third-order valence-electron chi connectivity index (χ3n) is 4.39. The van der Waals surface area contributed by atoms with Crippen molar-refractivity contribution in [2.75, 3.05) is 18.5 Å². The van der Waals surface area contributed by atoms with Crippen molar-refractivity contribution in [3.8, 4) is 11.1 Å². The Bertz CT molecular complexity index is 703. The number of hydrogen-bond donors (Lipinski definition) is 2. The molecule has 2 N–H and O–H groups in total. The van der Waals surface area contributed by atoms with Crippen molar-refractivity contribution in [2.24, 2.45) is 0 Å². The molecule has 0 aliphatic carbocycles. The maximum Gasteiger partial charge on any atom is 0.322 e. The predicted molar refractivity (Wildman–Crippen MR) is 100 cm³/mol. The highest BCUT2D eigenvalue weighted by Crippen LogP contribution is 2.25. The van der Waals surface area contributed by atoms with E-state index >= 15 is 0 Å². The molecule has 1 atom stereocenters. The van der Waals surface area contributed by atoms with Gasteiger partial charge in [0.25, 0.3) is 0 Å². The molecular weight excluding hydrogens is 368 g/mol. The van der Waals surface area contributed by atoms with E-state index in [1.54, 1.807) is 0 Å². The molecule has 0 radical (unpaired) electrons. The molecule has 3 rings (SSSR count). The standard InChI is InChI=1S/C19H21BrN2O2/c20-16-8-6-14(7-9-16)15-3-1-4-17(13-15)21-19(24)22-11-2-5-18(22)10-12-23/h1,3-4,6-9,13,18,23H,2,5,10-12H2,(H,21,24). The summed E-state index contributed by atoms with van der Waals surface area (Å²) in [6, 6.07) is 16.0. The number of aliphatic hydroxyl groups is 1. The lowest BCUT2D eigenvalue weighted by Crippen LogP contribution is -2.39. The first-order valence-corrected chi connectivity index (χ1v) is 9.01. The molecule has 1 saturated heterocycles. The summed E-state index contributed by atoms with van der Waals surface area (Å²) in [7, 11) is 0. The topological polar surface area (TPSA) is 52.6 Å². The molecule has 2 aromatic rings. The number of anilines is 1. The van der Waals surface area contributed by atoms with Gasteiger partial charge in [0.15, 0.2) is 0 Å². The molecule has 0 saturated carbocycles. The molecule has 0 aromatic heterocycles. The molecule has 0 spiro atoms. The van der Waals surface area contributed by atoms with Gasteiger partial charge in [-0.3, -0.25) is 0 Å². The minimum Gasteiger partial charge on any atom is -0.396 e. The quantitative estimate of drug-likeness (QED) is 0.809. The molecule has 1 unspecified atom stereocenters. The van der Waals surface area contributed by atoms with E-state index in [-0.39, 0.29) is 18.7 Å². The van der Waals surface area contributed by atoms with Gasteiger partial charge >= 0.3 is 6.03 Å². The minimum atomic E-state index is -0.0843. The van der Waals surface area contributed by atoms with E-state index in [1.807, 2.05) is 53.4 Å². The Labute approximate surface area is 150 Å². The number of likely N-dealkylation sites (tertiary alicyclic amines) is 1. The fourth-order valence-electron chi connectivity index (χ4n) is 3.17. The van der Waals surface area contributed by atoms with E-state index in [0.29, 0.717) is 6.42 Å². The number of rotatable bonds is 4. The number of nitrogens with one attached hydrogen (secondary N) is 1. The first-order chi connectivity index (χ1) is 11.7.